The molecule has 0 aliphatic rings. The van der Waals surface area contributed by atoms with E-state index in [1.165, 1.54) is 6.33 Å². The van der Waals surface area contributed by atoms with Crippen LogP contribution in [0.2, 0.25) is 0 Å². The number of amides is 1. The average Bonchev–Trinajstić information content (AvgIpc) is 3.49. The largest absolute Gasteiger partial charge is 0.497 e. The molecule has 5 rings (SSSR count). The van der Waals surface area contributed by atoms with Gasteiger partial charge in [0.25, 0.3) is 0 Å². The Hall–Kier alpha value is -4.53. The maximum Gasteiger partial charge on any atom is 0.226 e. The van der Waals surface area contributed by atoms with Crippen LogP contribution in [0.5, 0.6) is 5.75 Å². The zero-order valence-electron chi connectivity index (χ0n) is 18.8. The molecule has 0 aliphatic carbocycles. The molecule has 0 saturated carbocycles. The summed E-state index contributed by atoms with van der Waals surface area (Å²) in [7, 11) is 1.63. The molecule has 1 amide bonds. The molecule has 34 heavy (non-hydrogen) atoms. The predicted molar refractivity (Wildman–Crippen MR) is 127 cm³/mol. The molecule has 0 bridgehead atoms. The topological polar surface area (TPSA) is 99.2 Å². The van der Waals surface area contributed by atoms with Crippen molar-refractivity contribution in [3.05, 3.63) is 90.1 Å². The van der Waals surface area contributed by atoms with Gasteiger partial charge in [-0.15, -0.1) is 0 Å². The van der Waals surface area contributed by atoms with Crippen LogP contribution in [0.4, 0.5) is 0 Å². The second-order valence-electron chi connectivity index (χ2n) is 7.85. The fourth-order valence-corrected chi connectivity index (χ4v) is 3.68. The van der Waals surface area contributed by atoms with Crippen LogP contribution >= 0.6 is 0 Å². The zero-order valence-corrected chi connectivity index (χ0v) is 18.8. The van der Waals surface area contributed by atoms with Crippen molar-refractivity contribution in [3.8, 4) is 22.8 Å². The van der Waals surface area contributed by atoms with Gasteiger partial charge in [0, 0.05) is 24.0 Å². The first-order valence-corrected chi connectivity index (χ1v) is 10.8. The number of methoxy groups -OCH3 is 1. The highest BCUT2D eigenvalue weighted by Gasteiger charge is 2.16. The van der Waals surface area contributed by atoms with E-state index < -0.39 is 0 Å². The van der Waals surface area contributed by atoms with E-state index in [9.17, 15) is 4.79 Å². The summed E-state index contributed by atoms with van der Waals surface area (Å²) in [5.41, 5.74) is 4.97. The van der Waals surface area contributed by atoms with Crippen LogP contribution < -0.4 is 10.1 Å². The van der Waals surface area contributed by atoms with Gasteiger partial charge in [-0.2, -0.15) is 10.2 Å². The first kappa shape index (κ1) is 21.3. The number of aryl methyl sites for hydroxylation is 1. The fraction of sp³-hybridized carbons (Fsp3) is 0.160. The maximum atomic E-state index is 12.7. The Kier molecular flexibility index (Phi) is 5.73. The second kappa shape index (κ2) is 9.14. The van der Waals surface area contributed by atoms with Gasteiger partial charge in [0.05, 0.1) is 24.9 Å². The average molecular weight is 454 g/mol. The molecular weight excluding hydrogens is 430 g/mol. The minimum absolute atomic E-state index is 0.115. The Balaban J connectivity index is 1.40. The van der Waals surface area contributed by atoms with Gasteiger partial charge in [0.15, 0.2) is 11.5 Å². The first-order chi connectivity index (χ1) is 16.6. The van der Waals surface area contributed by atoms with Gasteiger partial charge in [-0.1, -0.05) is 18.2 Å². The van der Waals surface area contributed by atoms with Gasteiger partial charge >= 0.3 is 0 Å². The van der Waals surface area contributed by atoms with Crippen molar-refractivity contribution < 1.29 is 9.53 Å². The minimum Gasteiger partial charge on any atom is -0.497 e. The van der Waals surface area contributed by atoms with Crippen LogP contribution in [-0.2, 0) is 17.8 Å². The van der Waals surface area contributed by atoms with Gasteiger partial charge < -0.3 is 10.1 Å². The normalized spacial score (nSPS) is 11.0. The Morgan fingerprint density at radius 1 is 1.09 bits per heavy atom. The van der Waals surface area contributed by atoms with E-state index in [0.29, 0.717) is 18.1 Å². The number of fused-ring (bicyclic) bond motifs is 1. The van der Waals surface area contributed by atoms with Gasteiger partial charge in [0.2, 0.25) is 5.91 Å². The van der Waals surface area contributed by atoms with Crippen LogP contribution in [0.1, 0.15) is 17.0 Å². The van der Waals surface area contributed by atoms with Crippen LogP contribution in [0, 0.1) is 6.92 Å². The number of benzene rings is 1. The van der Waals surface area contributed by atoms with Crippen LogP contribution in [0.25, 0.3) is 22.7 Å². The Morgan fingerprint density at radius 3 is 2.74 bits per heavy atom. The van der Waals surface area contributed by atoms with E-state index in [1.807, 2.05) is 73.8 Å². The number of nitrogens with zero attached hydrogens (tertiary/aromatic N) is 6. The number of carbonyl (C=O) groups excluding carboxylic acids is 1. The highest BCUT2D eigenvalue weighted by Crippen LogP contribution is 2.24. The third-order valence-corrected chi connectivity index (χ3v) is 5.41. The van der Waals surface area contributed by atoms with Crippen LogP contribution in [0.15, 0.2) is 73.2 Å². The zero-order chi connectivity index (χ0) is 23.5. The van der Waals surface area contributed by atoms with Crippen molar-refractivity contribution in [2.45, 2.75) is 19.9 Å². The number of carbonyl (C=O) groups is 1. The van der Waals surface area contributed by atoms with E-state index in [2.05, 4.69) is 20.4 Å². The molecule has 4 heterocycles. The van der Waals surface area contributed by atoms with Crippen molar-refractivity contribution >= 4 is 11.6 Å². The summed E-state index contributed by atoms with van der Waals surface area (Å²) in [5, 5.41) is 11.9. The lowest BCUT2D eigenvalue weighted by atomic mass is 10.1. The number of aromatic nitrogens is 6. The second-order valence-corrected chi connectivity index (χ2v) is 7.85. The van der Waals surface area contributed by atoms with Gasteiger partial charge in [-0.3, -0.25) is 4.79 Å². The number of rotatable bonds is 7. The van der Waals surface area contributed by atoms with E-state index in [0.717, 1.165) is 33.9 Å². The number of hydrogen-bond acceptors (Lipinski definition) is 6. The Labute approximate surface area is 196 Å². The van der Waals surface area contributed by atoms with Gasteiger partial charge in [0.1, 0.15) is 12.1 Å². The minimum atomic E-state index is -0.115. The lowest BCUT2D eigenvalue weighted by Gasteiger charge is -2.07. The standard InChI is InChI=1S/C25H23N7O2/c1-17-4-3-5-24(29-17)32-22(19-8-11-23-27-16-28-31(23)15-19)12-20(30-32)13-25(33)26-14-18-6-9-21(34-2)10-7-18/h3-12,15-16H,13-14H2,1-2H3,(H,26,33). The molecule has 1 aromatic carbocycles. The van der Waals surface area contributed by atoms with Crippen molar-refractivity contribution in [1.82, 2.24) is 34.7 Å². The molecule has 1 N–H and O–H groups in total. The molecule has 0 spiro atoms. The molecular formula is C25H23N7O2. The van der Waals surface area contributed by atoms with E-state index in [4.69, 9.17) is 9.84 Å². The summed E-state index contributed by atoms with van der Waals surface area (Å²) in [6.07, 6.45) is 3.55. The van der Waals surface area contributed by atoms with Crippen molar-refractivity contribution in [1.29, 1.82) is 0 Å². The molecule has 9 nitrogen and oxygen atoms in total. The number of nitrogens with one attached hydrogen (secondary N) is 1. The summed E-state index contributed by atoms with van der Waals surface area (Å²) in [5.74, 6) is 1.34. The molecule has 9 heteroatoms. The quantitative estimate of drug-likeness (QED) is 0.406. The molecule has 0 fully saturated rings. The molecule has 0 radical (unpaired) electrons. The van der Waals surface area contributed by atoms with Gasteiger partial charge in [-0.25, -0.2) is 19.2 Å². The van der Waals surface area contributed by atoms with Crippen molar-refractivity contribution in [3.63, 3.8) is 0 Å². The lowest BCUT2D eigenvalue weighted by Crippen LogP contribution is -2.24. The SMILES string of the molecule is COc1ccc(CNC(=O)Cc2cc(-c3ccc4ncnn4c3)n(-c3cccc(C)n3)n2)cc1. The van der Waals surface area contributed by atoms with Crippen LogP contribution in [-0.4, -0.2) is 42.4 Å². The molecule has 0 aliphatic heterocycles. The summed E-state index contributed by atoms with van der Waals surface area (Å²) in [4.78, 5) is 21.5. The monoisotopic (exact) mass is 453 g/mol. The van der Waals surface area contributed by atoms with E-state index >= 15 is 0 Å². The summed E-state index contributed by atoms with van der Waals surface area (Å²) >= 11 is 0. The highest BCUT2D eigenvalue weighted by molar-refractivity contribution is 5.78. The lowest BCUT2D eigenvalue weighted by molar-refractivity contribution is -0.120. The van der Waals surface area contributed by atoms with Crippen molar-refractivity contribution in [2.24, 2.45) is 0 Å². The number of pyridine rings is 2. The molecule has 0 atom stereocenters. The summed E-state index contributed by atoms with van der Waals surface area (Å²) in [6.45, 7) is 2.36. The van der Waals surface area contributed by atoms with Gasteiger partial charge in [-0.05, 0) is 55.0 Å². The summed E-state index contributed by atoms with van der Waals surface area (Å²) < 4.78 is 8.64. The fourth-order valence-electron chi connectivity index (χ4n) is 3.68. The number of ether oxygens (including phenoxy) is 1. The molecule has 0 unspecified atom stereocenters. The third-order valence-electron chi connectivity index (χ3n) is 5.41. The van der Waals surface area contributed by atoms with E-state index in [-0.39, 0.29) is 12.3 Å². The molecule has 170 valence electrons. The van der Waals surface area contributed by atoms with Crippen molar-refractivity contribution in [2.75, 3.05) is 7.11 Å². The predicted octanol–water partition coefficient (Wildman–Crippen LogP) is 3.15. The first-order valence-electron chi connectivity index (χ1n) is 10.8. The third kappa shape index (κ3) is 4.49. The maximum absolute atomic E-state index is 12.7. The number of hydrogen-bond donors (Lipinski definition) is 1. The molecule has 0 saturated heterocycles. The smallest absolute Gasteiger partial charge is 0.226 e. The molecule has 5 aromatic rings. The Morgan fingerprint density at radius 2 is 1.94 bits per heavy atom. The summed E-state index contributed by atoms with van der Waals surface area (Å²) in [6, 6.07) is 19.1. The molecule has 4 aromatic heterocycles. The van der Waals surface area contributed by atoms with E-state index in [1.54, 1.807) is 16.3 Å². The van der Waals surface area contributed by atoms with Crippen LogP contribution in [0.3, 0.4) is 0 Å². The highest BCUT2D eigenvalue weighted by atomic mass is 16.5. The Bertz CT molecular complexity index is 1450.